The number of nitrogens with zero attached hydrogens (tertiary/aromatic N) is 2. The molecule has 0 bridgehead atoms. The molecule has 1 aromatic rings. The Morgan fingerprint density at radius 3 is 2.65 bits per heavy atom. The van der Waals surface area contributed by atoms with E-state index in [4.69, 9.17) is 0 Å². The van der Waals surface area contributed by atoms with Gasteiger partial charge in [-0.3, -0.25) is 4.98 Å². The van der Waals surface area contributed by atoms with Crippen LogP contribution in [-0.2, 0) is 6.54 Å². The summed E-state index contributed by atoms with van der Waals surface area (Å²) in [5.41, 5.74) is 2.58. The molecule has 1 aliphatic rings. The standard InChI is InChI=1S/C17H29N3/c1-5-20(13-14-7-6-8-14)16-9-10-18-15(11-16)12-19-17(2,3)4/h9-11,14,19H,5-8,12-13H2,1-4H3. The molecule has 0 atom stereocenters. The Labute approximate surface area is 123 Å². The van der Waals surface area contributed by atoms with Crippen molar-refractivity contribution in [3.05, 3.63) is 24.0 Å². The van der Waals surface area contributed by atoms with Gasteiger partial charge in [-0.1, -0.05) is 6.42 Å². The Hall–Kier alpha value is -1.09. The Bertz CT molecular complexity index is 418. The highest BCUT2D eigenvalue weighted by Gasteiger charge is 2.20. The van der Waals surface area contributed by atoms with Crippen molar-refractivity contribution in [1.82, 2.24) is 10.3 Å². The van der Waals surface area contributed by atoms with Crippen LogP contribution in [0.2, 0.25) is 0 Å². The van der Waals surface area contributed by atoms with Crippen molar-refractivity contribution >= 4 is 5.69 Å². The first-order chi connectivity index (χ1) is 9.48. The van der Waals surface area contributed by atoms with E-state index in [1.54, 1.807) is 0 Å². The predicted molar refractivity (Wildman–Crippen MR) is 86.1 cm³/mol. The molecule has 3 heteroatoms. The van der Waals surface area contributed by atoms with Crippen molar-refractivity contribution in [2.24, 2.45) is 5.92 Å². The fourth-order valence-corrected chi connectivity index (χ4v) is 2.52. The number of aromatic nitrogens is 1. The topological polar surface area (TPSA) is 28.2 Å². The highest BCUT2D eigenvalue weighted by Crippen LogP contribution is 2.28. The summed E-state index contributed by atoms with van der Waals surface area (Å²) in [5.74, 6) is 0.902. The van der Waals surface area contributed by atoms with Crippen molar-refractivity contribution in [3.63, 3.8) is 0 Å². The highest BCUT2D eigenvalue weighted by molar-refractivity contribution is 5.46. The van der Waals surface area contributed by atoms with Gasteiger partial charge in [-0.15, -0.1) is 0 Å². The summed E-state index contributed by atoms with van der Waals surface area (Å²) in [5, 5.41) is 3.50. The van der Waals surface area contributed by atoms with Gasteiger partial charge >= 0.3 is 0 Å². The molecule has 1 aromatic heterocycles. The van der Waals surface area contributed by atoms with Gasteiger partial charge in [-0.05, 0) is 58.6 Å². The molecule has 0 spiro atoms. The van der Waals surface area contributed by atoms with E-state index in [1.807, 2.05) is 6.20 Å². The van der Waals surface area contributed by atoms with Crippen LogP contribution in [0.4, 0.5) is 5.69 Å². The minimum Gasteiger partial charge on any atom is -0.371 e. The SMILES string of the molecule is CCN(CC1CCC1)c1ccnc(CNC(C)(C)C)c1. The summed E-state index contributed by atoms with van der Waals surface area (Å²) in [7, 11) is 0. The Morgan fingerprint density at radius 1 is 1.35 bits per heavy atom. The maximum Gasteiger partial charge on any atom is 0.0562 e. The third-order valence-electron chi connectivity index (χ3n) is 4.05. The van der Waals surface area contributed by atoms with Crippen LogP contribution in [0.5, 0.6) is 0 Å². The van der Waals surface area contributed by atoms with Gasteiger partial charge in [0.05, 0.1) is 5.69 Å². The van der Waals surface area contributed by atoms with Crippen LogP contribution in [0.1, 0.15) is 52.7 Å². The van der Waals surface area contributed by atoms with Crippen LogP contribution in [0.15, 0.2) is 18.3 Å². The second kappa shape index (κ2) is 6.57. The molecule has 1 aliphatic carbocycles. The first-order valence-electron chi connectivity index (χ1n) is 7.93. The van der Waals surface area contributed by atoms with Crippen molar-refractivity contribution in [2.75, 3.05) is 18.0 Å². The van der Waals surface area contributed by atoms with Crippen LogP contribution < -0.4 is 10.2 Å². The monoisotopic (exact) mass is 275 g/mol. The van der Waals surface area contributed by atoms with Crippen LogP contribution in [0.25, 0.3) is 0 Å². The van der Waals surface area contributed by atoms with Crippen molar-refractivity contribution < 1.29 is 0 Å². The zero-order valence-electron chi connectivity index (χ0n) is 13.4. The molecule has 0 amide bonds. The number of rotatable bonds is 6. The molecule has 0 saturated heterocycles. The molecular formula is C17H29N3. The third kappa shape index (κ3) is 4.48. The van der Waals surface area contributed by atoms with E-state index in [2.05, 4.69) is 55.0 Å². The lowest BCUT2D eigenvalue weighted by Gasteiger charge is -2.33. The Morgan fingerprint density at radius 2 is 2.10 bits per heavy atom. The summed E-state index contributed by atoms with van der Waals surface area (Å²) in [4.78, 5) is 6.98. The lowest BCUT2D eigenvalue weighted by Crippen LogP contribution is -2.35. The van der Waals surface area contributed by atoms with E-state index in [0.717, 1.165) is 24.7 Å². The molecule has 20 heavy (non-hydrogen) atoms. The van der Waals surface area contributed by atoms with Crippen LogP contribution >= 0.6 is 0 Å². The van der Waals surface area contributed by atoms with Gasteiger partial charge in [0.1, 0.15) is 0 Å². The molecule has 1 fully saturated rings. The number of hydrogen-bond donors (Lipinski definition) is 1. The molecule has 0 unspecified atom stereocenters. The second-order valence-electron chi connectivity index (χ2n) is 6.94. The Kier molecular flexibility index (Phi) is 5.03. The molecule has 0 aliphatic heterocycles. The van der Waals surface area contributed by atoms with E-state index in [9.17, 15) is 0 Å². The number of nitrogens with one attached hydrogen (secondary N) is 1. The minimum atomic E-state index is 0.133. The van der Waals surface area contributed by atoms with E-state index >= 15 is 0 Å². The molecular weight excluding hydrogens is 246 g/mol. The molecule has 1 heterocycles. The smallest absolute Gasteiger partial charge is 0.0562 e. The van der Waals surface area contributed by atoms with Gasteiger partial charge in [-0.25, -0.2) is 0 Å². The van der Waals surface area contributed by atoms with E-state index < -0.39 is 0 Å². The fraction of sp³-hybridized carbons (Fsp3) is 0.706. The first kappa shape index (κ1) is 15.3. The average Bonchev–Trinajstić information content (AvgIpc) is 2.35. The zero-order chi connectivity index (χ0) is 14.6. The van der Waals surface area contributed by atoms with Gasteiger partial charge in [0, 0.05) is 37.1 Å². The molecule has 1 saturated carbocycles. The second-order valence-corrected chi connectivity index (χ2v) is 6.94. The van der Waals surface area contributed by atoms with Crippen LogP contribution in [-0.4, -0.2) is 23.6 Å². The maximum absolute atomic E-state index is 4.48. The average molecular weight is 275 g/mol. The molecule has 1 N–H and O–H groups in total. The van der Waals surface area contributed by atoms with Gasteiger partial charge in [0.2, 0.25) is 0 Å². The van der Waals surface area contributed by atoms with Gasteiger partial charge in [-0.2, -0.15) is 0 Å². The van der Waals surface area contributed by atoms with E-state index in [1.165, 1.54) is 31.5 Å². The quantitative estimate of drug-likeness (QED) is 0.860. The Balaban J connectivity index is 1.99. The van der Waals surface area contributed by atoms with E-state index in [0.29, 0.717) is 0 Å². The van der Waals surface area contributed by atoms with Crippen LogP contribution in [0.3, 0.4) is 0 Å². The minimum absolute atomic E-state index is 0.133. The first-order valence-corrected chi connectivity index (χ1v) is 7.93. The molecule has 0 radical (unpaired) electrons. The molecule has 3 nitrogen and oxygen atoms in total. The molecule has 2 rings (SSSR count). The van der Waals surface area contributed by atoms with Crippen LogP contribution in [0, 0.1) is 5.92 Å². The largest absolute Gasteiger partial charge is 0.371 e. The van der Waals surface area contributed by atoms with Gasteiger partial charge < -0.3 is 10.2 Å². The van der Waals surface area contributed by atoms with Crippen molar-refractivity contribution in [2.45, 2.75) is 59.0 Å². The van der Waals surface area contributed by atoms with E-state index in [-0.39, 0.29) is 5.54 Å². The summed E-state index contributed by atoms with van der Waals surface area (Å²) < 4.78 is 0. The zero-order valence-corrected chi connectivity index (χ0v) is 13.4. The number of anilines is 1. The summed E-state index contributed by atoms with van der Waals surface area (Å²) in [6.07, 6.45) is 6.16. The summed E-state index contributed by atoms with van der Waals surface area (Å²) >= 11 is 0. The van der Waals surface area contributed by atoms with Gasteiger partial charge in [0.15, 0.2) is 0 Å². The highest BCUT2D eigenvalue weighted by atomic mass is 15.1. The third-order valence-corrected chi connectivity index (χ3v) is 4.05. The molecule has 0 aromatic carbocycles. The summed E-state index contributed by atoms with van der Waals surface area (Å²) in [6.45, 7) is 11.9. The molecule has 112 valence electrons. The van der Waals surface area contributed by atoms with Gasteiger partial charge in [0.25, 0.3) is 0 Å². The van der Waals surface area contributed by atoms with Crippen molar-refractivity contribution in [3.8, 4) is 0 Å². The maximum atomic E-state index is 4.48. The van der Waals surface area contributed by atoms with Crippen molar-refractivity contribution in [1.29, 1.82) is 0 Å². The normalized spacial score (nSPS) is 16.0. The predicted octanol–water partition coefficient (Wildman–Crippen LogP) is 3.60. The fourth-order valence-electron chi connectivity index (χ4n) is 2.52. The number of hydrogen-bond acceptors (Lipinski definition) is 3. The number of pyridine rings is 1. The lowest BCUT2D eigenvalue weighted by molar-refractivity contribution is 0.318. The lowest BCUT2D eigenvalue weighted by atomic mass is 9.85. The summed E-state index contributed by atoms with van der Waals surface area (Å²) in [6, 6.07) is 4.38.